The Labute approximate surface area is 125 Å². The molecule has 3 rings (SSSR count). The molecule has 1 aromatic carbocycles. The highest BCUT2D eigenvalue weighted by atomic mass is 32.2. The topological polar surface area (TPSA) is 58.4 Å². The van der Waals surface area contributed by atoms with Crippen molar-refractivity contribution in [3.63, 3.8) is 0 Å². The summed E-state index contributed by atoms with van der Waals surface area (Å²) in [5.74, 6) is 1.07. The van der Waals surface area contributed by atoms with Crippen LogP contribution in [0, 0.1) is 0 Å². The average molecular weight is 308 g/mol. The first-order valence-corrected chi connectivity index (χ1v) is 8.78. The van der Waals surface area contributed by atoms with Crippen molar-refractivity contribution in [3.8, 4) is 0 Å². The van der Waals surface area contributed by atoms with Crippen molar-refractivity contribution in [2.45, 2.75) is 6.92 Å². The van der Waals surface area contributed by atoms with E-state index in [1.54, 1.807) is 11.2 Å². The fourth-order valence-corrected chi connectivity index (χ4v) is 3.85. The van der Waals surface area contributed by atoms with Crippen molar-refractivity contribution in [3.05, 3.63) is 24.3 Å². The highest BCUT2D eigenvalue weighted by Crippen LogP contribution is 2.22. The Hall–Kier alpha value is -1.60. The smallest absolute Gasteiger partial charge is 0.213 e. The molecule has 0 bridgehead atoms. The Kier molecular flexibility index (Phi) is 3.62. The molecule has 1 aromatic heterocycles. The Morgan fingerprint density at radius 1 is 1.14 bits per heavy atom. The second-order valence-electron chi connectivity index (χ2n) is 5.25. The van der Waals surface area contributed by atoms with Gasteiger partial charge in [-0.3, -0.25) is 0 Å². The summed E-state index contributed by atoms with van der Waals surface area (Å²) in [4.78, 5) is 6.82. The summed E-state index contributed by atoms with van der Waals surface area (Å²) in [6.45, 7) is 4.10. The van der Waals surface area contributed by atoms with E-state index in [0.717, 1.165) is 17.0 Å². The maximum Gasteiger partial charge on any atom is 0.213 e. The number of para-hydroxylation sites is 2. The maximum atomic E-state index is 11.9. The molecule has 0 saturated carbocycles. The number of anilines is 1. The van der Waals surface area contributed by atoms with Crippen molar-refractivity contribution in [2.75, 3.05) is 36.8 Å². The molecular weight excluding hydrogens is 288 g/mol. The van der Waals surface area contributed by atoms with E-state index in [9.17, 15) is 8.42 Å². The van der Waals surface area contributed by atoms with Crippen molar-refractivity contribution < 1.29 is 8.42 Å². The first-order chi connectivity index (χ1) is 10.0. The zero-order chi connectivity index (χ0) is 15.0. The van der Waals surface area contributed by atoms with Crippen LogP contribution in [0.1, 0.15) is 6.92 Å². The third-order valence-electron chi connectivity index (χ3n) is 4.04. The van der Waals surface area contributed by atoms with Gasteiger partial charge in [0.2, 0.25) is 16.0 Å². The van der Waals surface area contributed by atoms with Crippen molar-refractivity contribution in [1.82, 2.24) is 13.9 Å². The lowest BCUT2D eigenvalue weighted by atomic mass is 10.3. The molecule has 2 aromatic rings. The molecule has 1 aliphatic rings. The fraction of sp³-hybridized carbons (Fsp3) is 0.500. The minimum Gasteiger partial charge on any atom is -0.340 e. The second-order valence-corrected chi connectivity index (χ2v) is 7.50. The van der Waals surface area contributed by atoms with Gasteiger partial charge in [-0.15, -0.1) is 0 Å². The molecule has 0 N–H and O–H groups in total. The molecular formula is C14H20N4O2S. The van der Waals surface area contributed by atoms with Crippen LogP contribution in [0.25, 0.3) is 11.0 Å². The van der Waals surface area contributed by atoms with E-state index >= 15 is 0 Å². The SMILES string of the molecule is CCS(=O)(=O)N1CCN(c2nc3ccccc3n2C)CC1. The molecule has 1 aliphatic heterocycles. The van der Waals surface area contributed by atoms with Crippen LogP contribution in [0.15, 0.2) is 24.3 Å². The Balaban J connectivity index is 1.82. The molecule has 2 heterocycles. The van der Waals surface area contributed by atoms with Gasteiger partial charge in [-0.25, -0.2) is 13.4 Å². The van der Waals surface area contributed by atoms with Gasteiger partial charge in [0.05, 0.1) is 16.8 Å². The van der Waals surface area contributed by atoms with Crippen LogP contribution >= 0.6 is 0 Å². The third kappa shape index (κ3) is 2.51. The number of aryl methyl sites for hydroxylation is 1. The van der Waals surface area contributed by atoms with E-state index in [0.29, 0.717) is 26.2 Å². The van der Waals surface area contributed by atoms with E-state index in [-0.39, 0.29) is 5.75 Å². The van der Waals surface area contributed by atoms with Crippen LogP contribution in [0.5, 0.6) is 0 Å². The minimum absolute atomic E-state index is 0.166. The Morgan fingerprint density at radius 2 is 1.81 bits per heavy atom. The number of aromatic nitrogens is 2. The molecule has 6 nitrogen and oxygen atoms in total. The van der Waals surface area contributed by atoms with E-state index in [1.807, 2.05) is 31.3 Å². The van der Waals surface area contributed by atoms with E-state index in [1.165, 1.54) is 0 Å². The molecule has 0 unspecified atom stereocenters. The number of piperazine rings is 1. The average Bonchev–Trinajstić information content (AvgIpc) is 2.85. The molecule has 0 amide bonds. The molecule has 1 fully saturated rings. The summed E-state index contributed by atoms with van der Waals surface area (Å²) in [6, 6.07) is 8.02. The summed E-state index contributed by atoms with van der Waals surface area (Å²) in [7, 11) is -1.08. The molecule has 0 atom stereocenters. The molecule has 21 heavy (non-hydrogen) atoms. The molecule has 114 valence electrons. The van der Waals surface area contributed by atoms with Gasteiger partial charge in [-0.05, 0) is 19.1 Å². The number of hydrogen-bond acceptors (Lipinski definition) is 4. The summed E-state index contributed by atoms with van der Waals surface area (Å²) >= 11 is 0. The lowest BCUT2D eigenvalue weighted by Crippen LogP contribution is -2.49. The van der Waals surface area contributed by atoms with Gasteiger partial charge in [0.15, 0.2) is 0 Å². The quantitative estimate of drug-likeness (QED) is 0.850. The van der Waals surface area contributed by atoms with Crippen molar-refractivity contribution >= 4 is 27.0 Å². The minimum atomic E-state index is -3.08. The normalized spacial score (nSPS) is 17.5. The molecule has 7 heteroatoms. The monoisotopic (exact) mass is 308 g/mol. The van der Waals surface area contributed by atoms with Crippen LogP contribution < -0.4 is 4.90 Å². The summed E-state index contributed by atoms with van der Waals surface area (Å²) in [5.41, 5.74) is 2.06. The summed E-state index contributed by atoms with van der Waals surface area (Å²) in [6.07, 6.45) is 0. The van der Waals surface area contributed by atoms with Gasteiger partial charge in [0.25, 0.3) is 0 Å². The van der Waals surface area contributed by atoms with Crippen LogP contribution in [0.2, 0.25) is 0 Å². The highest BCUT2D eigenvalue weighted by Gasteiger charge is 2.27. The van der Waals surface area contributed by atoms with Gasteiger partial charge in [-0.1, -0.05) is 12.1 Å². The number of sulfonamides is 1. The number of fused-ring (bicyclic) bond motifs is 1. The van der Waals surface area contributed by atoms with Crippen LogP contribution in [-0.2, 0) is 17.1 Å². The Bertz CT molecular complexity index is 745. The van der Waals surface area contributed by atoms with Crippen LogP contribution in [-0.4, -0.2) is 54.2 Å². The van der Waals surface area contributed by atoms with Crippen molar-refractivity contribution in [1.29, 1.82) is 0 Å². The number of nitrogens with zero attached hydrogens (tertiary/aromatic N) is 4. The zero-order valence-corrected chi connectivity index (χ0v) is 13.2. The van der Waals surface area contributed by atoms with Gasteiger partial charge in [0, 0.05) is 33.2 Å². The van der Waals surface area contributed by atoms with Crippen LogP contribution in [0.4, 0.5) is 5.95 Å². The van der Waals surface area contributed by atoms with Crippen LogP contribution in [0.3, 0.4) is 0 Å². The van der Waals surface area contributed by atoms with E-state index in [4.69, 9.17) is 0 Å². The van der Waals surface area contributed by atoms with Gasteiger partial charge < -0.3 is 9.47 Å². The molecule has 0 spiro atoms. The summed E-state index contributed by atoms with van der Waals surface area (Å²) < 4.78 is 27.4. The lowest BCUT2D eigenvalue weighted by molar-refractivity contribution is 0.382. The van der Waals surface area contributed by atoms with Crippen molar-refractivity contribution in [2.24, 2.45) is 7.05 Å². The van der Waals surface area contributed by atoms with E-state index < -0.39 is 10.0 Å². The molecule has 0 radical (unpaired) electrons. The predicted octanol–water partition coefficient (Wildman–Crippen LogP) is 1.04. The lowest BCUT2D eigenvalue weighted by Gasteiger charge is -2.34. The molecule has 0 aliphatic carbocycles. The largest absolute Gasteiger partial charge is 0.340 e. The summed E-state index contributed by atoms with van der Waals surface area (Å²) in [5, 5.41) is 0. The van der Waals surface area contributed by atoms with Gasteiger partial charge in [-0.2, -0.15) is 4.31 Å². The number of rotatable bonds is 3. The predicted molar refractivity (Wildman–Crippen MR) is 84.0 cm³/mol. The van der Waals surface area contributed by atoms with E-state index in [2.05, 4.69) is 14.5 Å². The standard InChI is InChI=1S/C14H20N4O2S/c1-3-21(19,20)18-10-8-17(9-11-18)14-15-12-6-4-5-7-13(12)16(14)2/h4-7H,3,8-11H2,1-2H3. The number of benzene rings is 1. The highest BCUT2D eigenvalue weighted by molar-refractivity contribution is 7.89. The molecule has 1 saturated heterocycles. The fourth-order valence-electron chi connectivity index (χ4n) is 2.76. The Morgan fingerprint density at radius 3 is 2.43 bits per heavy atom. The third-order valence-corrected chi connectivity index (χ3v) is 5.92. The maximum absolute atomic E-state index is 11.9. The number of imidazole rings is 1. The number of hydrogen-bond donors (Lipinski definition) is 0. The first-order valence-electron chi connectivity index (χ1n) is 7.17. The second kappa shape index (κ2) is 5.31. The first kappa shape index (κ1) is 14.3. The zero-order valence-electron chi connectivity index (χ0n) is 12.4. The van der Waals surface area contributed by atoms with Gasteiger partial charge in [0.1, 0.15) is 0 Å². The van der Waals surface area contributed by atoms with Gasteiger partial charge >= 0.3 is 0 Å².